The van der Waals surface area contributed by atoms with Crippen molar-refractivity contribution >= 4 is 127 Å². The van der Waals surface area contributed by atoms with Gasteiger partial charge in [-0.3, -0.25) is 0 Å². The van der Waals surface area contributed by atoms with Crippen molar-refractivity contribution in [2.45, 2.75) is 90.9 Å². The van der Waals surface area contributed by atoms with Gasteiger partial charge in [-0.25, -0.2) is 0 Å². The summed E-state index contributed by atoms with van der Waals surface area (Å²) in [4.78, 5) is 4.85. The lowest BCUT2D eigenvalue weighted by molar-refractivity contribution is 0.601. The number of anilines is 6. The number of para-hydroxylation sites is 8. The normalized spacial score (nSPS) is 12.0. The third-order valence-corrected chi connectivity index (χ3v) is 27.3. The zero-order valence-corrected chi connectivity index (χ0v) is 73.4. The van der Waals surface area contributed by atoms with Gasteiger partial charge < -0.3 is 27.8 Å². The number of unbranched alkanes of at least 4 members (excludes halogenated alkanes) is 8. The molecule has 0 amide bonds. The number of benzene rings is 18. The number of rotatable bonds is 26. The van der Waals surface area contributed by atoms with Crippen molar-refractivity contribution in [2.75, 3.05) is 9.80 Å². The number of fused-ring (bicyclic) bond motifs is 15. The van der Waals surface area contributed by atoms with Crippen LogP contribution in [0.3, 0.4) is 0 Å². The lowest BCUT2D eigenvalue weighted by atomic mass is 9.88. The molecule has 0 radical (unpaired) electrons. The lowest BCUT2D eigenvalue weighted by Gasteiger charge is -2.26. The zero-order chi connectivity index (χ0) is 86.5. The number of nitrogens with zero attached hydrogens (tertiary/aromatic N) is 4. The molecule has 4 aromatic heterocycles. The molecule has 0 unspecified atom stereocenters. The van der Waals surface area contributed by atoms with Crippen molar-refractivity contribution in [1.82, 2.24) is 9.13 Å². The molecule has 0 fully saturated rings. The van der Waals surface area contributed by atoms with Crippen molar-refractivity contribution in [3.63, 3.8) is 0 Å². The molecule has 0 aliphatic heterocycles. The van der Waals surface area contributed by atoms with Gasteiger partial charge in [-0.15, -0.1) is 0 Å². The molecular weight excluding hydrogens is 1580 g/mol. The van der Waals surface area contributed by atoms with E-state index in [0.29, 0.717) is 0 Å². The summed E-state index contributed by atoms with van der Waals surface area (Å²) < 4.78 is 18.1. The number of allylic oxidation sites excluding steroid dienone is 1. The van der Waals surface area contributed by atoms with Crippen molar-refractivity contribution in [2.24, 2.45) is 0 Å². The second-order valence-electron chi connectivity index (χ2n) is 35.2. The summed E-state index contributed by atoms with van der Waals surface area (Å²) in [5.74, 6) is 0. The monoisotopic (exact) mass is 1670 g/mol. The Bertz CT molecular complexity index is 7460. The fourth-order valence-electron chi connectivity index (χ4n) is 20.8. The van der Waals surface area contributed by atoms with Gasteiger partial charge in [-0.05, 0) is 255 Å². The van der Waals surface area contributed by atoms with Gasteiger partial charge in [0.15, 0.2) is 0 Å². The Hall–Kier alpha value is -15.5. The summed E-state index contributed by atoms with van der Waals surface area (Å²) in [6.07, 6.45) is 14.5. The first-order valence-electron chi connectivity index (χ1n) is 46.6. The SMILES string of the molecule is CCCCCCCC(CCCCCCC)=C1c2cc(-c3cccc(N(c4ccc(-c5ccc(-n6c7ccccc7c7ccccc76)cc5)cc4)c4ccc(-c5cccc6c5oc5ccccc56)cc4)c3)ccc2-c2ccc(-c3cccc(N(c4ccc(-c5ccc(-n6c7ccccc7c7ccccc76)cc5)cc4)c4ccc(-c5cccc6c5oc5ccccc56)cc4)c3)cc21. The van der Waals surface area contributed by atoms with Crippen molar-refractivity contribution < 1.29 is 8.83 Å². The Morgan fingerprint density at radius 1 is 0.215 bits per heavy atom. The molecule has 1 aliphatic carbocycles. The first-order chi connectivity index (χ1) is 64.4. The van der Waals surface area contributed by atoms with Gasteiger partial charge >= 0.3 is 0 Å². The van der Waals surface area contributed by atoms with E-state index in [9.17, 15) is 0 Å². The van der Waals surface area contributed by atoms with E-state index in [1.54, 1.807) is 5.57 Å². The third kappa shape index (κ3) is 14.5. The van der Waals surface area contributed by atoms with E-state index in [2.05, 4.69) is 433 Å². The maximum absolute atomic E-state index is 6.64. The van der Waals surface area contributed by atoms with Crippen LogP contribution in [0.5, 0.6) is 0 Å². The van der Waals surface area contributed by atoms with Gasteiger partial charge in [0.1, 0.15) is 22.3 Å². The van der Waals surface area contributed by atoms with Crippen LogP contribution in [0.4, 0.5) is 34.1 Å². The summed E-state index contributed by atoms with van der Waals surface area (Å²) in [5.41, 5.74) is 39.0. The Balaban J connectivity index is 0.606. The van der Waals surface area contributed by atoms with E-state index < -0.39 is 0 Å². The highest BCUT2D eigenvalue weighted by atomic mass is 16.3. The Labute approximate surface area is 759 Å². The van der Waals surface area contributed by atoms with Crippen LogP contribution in [0, 0.1) is 0 Å². The van der Waals surface area contributed by atoms with E-state index >= 15 is 0 Å². The first-order valence-corrected chi connectivity index (χ1v) is 46.6. The summed E-state index contributed by atoms with van der Waals surface area (Å²) in [7, 11) is 0. The van der Waals surface area contributed by atoms with E-state index in [1.165, 1.54) is 147 Å². The highest BCUT2D eigenvalue weighted by Gasteiger charge is 2.29. The van der Waals surface area contributed by atoms with Crippen LogP contribution in [0.1, 0.15) is 102 Å². The van der Waals surface area contributed by atoms with Gasteiger partial charge in [0, 0.05) is 99.7 Å². The number of aromatic nitrogens is 2. The molecule has 626 valence electrons. The molecule has 22 aromatic rings. The van der Waals surface area contributed by atoms with Gasteiger partial charge in [0.25, 0.3) is 0 Å². The van der Waals surface area contributed by atoms with Crippen LogP contribution >= 0.6 is 0 Å². The van der Waals surface area contributed by atoms with Crippen LogP contribution in [-0.4, -0.2) is 9.13 Å². The molecule has 6 heteroatoms. The smallest absolute Gasteiger partial charge is 0.143 e. The van der Waals surface area contributed by atoms with E-state index in [0.717, 1.165) is 158 Å². The summed E-state index contributed by atoms with van der Waals surface area (Å²) in [6.45, 7) is 4.66. The summed E-state index contributed by atoms with van der Waals surface area (Å²) in [6, 6.07) is 152. The molecule has 0 N–H and O–H groups in total. The highest BCUT2D eigenvalue weighted by molar-refractivity contribution is 6.13. The minimum Gasteiger partial charge on any atom is -0.455 e. The predicted molar refractivity (Wildman–Crippen MR) is 550 cm³/mol. The highest BCUT2D eigenvalue weighted by Crippen LogP contribution is 2.52. The van der Waals surface area contributed by atoms with E-state index in [-0.39, 0.29) is 0 Å². The Kier molecular flexibility index (Phi) is 20.9. The molecule has 1 aliphatic rings. The minimum atomic E-state index is 0.894. The fraction of sp³-hybridized carbons (Fsp3) is 0.113. The second kappa shape index (κ2) is 34.3. The van der Waals surface area contributed by atoms with Crippen molar-refractivity contribution in [3.05, 3.63) is 429 Å². The van der Waals surface area contributed by atoms with Crippen molar-refractivity contribution in [3.8, 4) is 89.3 Å². The number of furan rings is 2. The molecule has 0 bridgehead atoms. The second-order valence-corrected chi connectivity index (χ2v) is 35.2. The molecule has 130 heavy (non-hydrogen) atoms. The Morgan fingerprint density at radius 3 is 0.885 bits per heavy atom. The number of hydrogen-bond acceptors (Lipinski definition) is 4. The predicted octanol–water partition coefficient (Wildman–Crippen LogP) is 36.1. The standard InChI is InChI=1S/C124H98N4O2/c1-3-5-7-9-11-29-89(30-12-10-8-6-4-2)122-114-81-92(90-31-25-33-100(79-90)125(96-73-59-87(60-74-96)102-41-27-43-112-110-39-17-23-49-120(110)129-123(102)112)94-65-51-83(52-66-94)85-55-69-98(70-56-85)127-116-45-19-13-35-106(116)107-36-14-20-46-117(107)127)63-77-104(114)105-78-64-93(82-115(105)122)91-32-26-34-101(80-91)126(97-75-61-88(62-76-97)103-42-28-44-113-111-40-18-24-50-121(111)130-124(103)113)95-67-53-84(54-68-95)86-57-71-99(72-58-86)128-118-47-21-15-37-108(118)109-38-16-22-48-119(109)128/h13-28,31-82H,3-12,29-30H2,1-2H3. The molecule has 0 saturated heterocycles. The van der Waals surface area contributed by atoms with Crippen LogP contribution in [0.25, 0.3) is 182 Å². The van der Waals surface area contributed by atoms with Crippen molar-refractivity contribution in [1.29, 1.82) is 0 Å². The minimum absolute atomic E-state index is 0.894. The number of hydrogen-bond donors (Lipinski definition) is 0. The van der Waals surface area contributed by atoms with Gasteiger partial charge in [0.2, 0.25) is 0 Å². The van der Waals surface area contributed by atoms with E-state index in [4.69, 9.17) is 8.83 Å². The van der Waals surface area contributed by atoms with Crippen LogP contribution in [-0.2, 0) is 0 Å². The molecule has 0 atom stereocenters. The molecule has 6 nitrogen and oxygen atoms in total. The quantitative estimate of drug-likeness (QED) is 0.0507. The fourth-order valence-corrected chi connectivity index (χ4v) is 20.8. The molecule has 23 rings (SSSR count). The van der Waals surface area contributed by atoms with Crippen LogP contribution < -0.4 is 9.80 Å². The van der Waals surface area contributed by atoms with E-state index in [1.807, 2.05) is 12.1 Å². The lowest BCUT2D eigenvalue weighted by Crippen LogP contribution is -2.10. The largest absolute Gasteiger partial charge is 0.455 e. The van der Waals surface area contributed by atoms with Crippen LogP contribution in [0.15, 0.2) is 427 Å². The summed E-state index contributed by atoms with van der Waals surface area (Å²) in [5, 5.41) is 9.52. The molecule has 18 aromatic carbocycles. The van der Waals surface area contributed by atoms with Crippen LogP contribution in [0.2, 0.25) is 0 Å². The zero-order valence-electron chi connectivity index (χ0n) is 73.4. The average molecular weight is 1680 g/mol. The Morgan fingerprint density at radius 2 is 0.515 bits per heavy atom. The average Bonchev–Trinajstić information content (AvgIpc) is 1.59. The van der Waals surface area contributed by atoms with Gasteiger partial charge in [-0.2, -0.15) is 0 Å². The molecule has 0 saturated carbocycles. The maximum Gasteiger partial charge on any atom is 0.143 e. The first kappa shape index (κ1) is 79.2. The third-order valence-electron chi connectivity index (χ3n) is 27.3. The van der Waals surface area contributed by atoms with Gasteiger partial charge in [0.05, 0.1) is 22.1 Å². The van der Waals surface area contributed by atoms with Gasteiger partial charge in [-0.1, -0.05) is 338 Å². The summed E-state index contributed by atoms with van der Waals surface area (Å²) >= 11 is 0. The molecular formula is C124H98N4O2. The maximum atomic E-state index is 6.64. The molecule has 4 heterocycles. The molecule has 0 spiro atoms. The topological polar surface area (TPSA) is 42.6 Å².